The number of hydrogen-bond donors (Lipinski definition) is 2. The number of fused-ring (bicyclic) bond motifs is 1. The van der Waals surface area contributed by atoms with Gasteiger partial charge in [0.1, 0.15) is 6.04 Å². The second-order valence-corrected chi connectivity index (χ2v) is 5.51. The van der Waals surface area contributed by atoms with E-state index < -0.39 is 12.0 Å². The summed E-state index contributed by atoms with van der Waals surface area (Å²) in [6.45, 7) is 4.54. The predicted octanol–water partition coefficient (Wildman–Crippen LogP) is 1.66. The molecule has 0 aliphatic carbocycles. The molecule has 114 valence electrons. The first-order valence-electron chi connectivity index (χ1n) is 7.39. The molecule has 5 nitrogen and oxygen atoms in total. The zero-order chi connectivity index (χ0) is 15.4. The molecule has 21 heavy (non-hydrogen) atoms. The topological polar surface area (TPSA) is 69.6 Å². The van der Waals surface area contributed by atoms with Crippen molar-refractivity contribution < 1.29 is 14.7 Å². The van der Waals surface area contributed by atoms with Crippen LogP contribution in [0, 0.1) is 5.92 Å². The standard InChI is InChI=1S/C16H22N2O3/c1-3-11(2)15(16(20)21)17-10-14(19)18-9-8-12-6-4-5-7-13(12)18/h4-7,11,15,17H,3,8-10H2,1-2H3,(H,20,21)/t11-,15-/m0/s1. The van der Waals surface area contributed by atoms with Crippen LogP contribution in [-0.4, -0.2) is 36.1 Å². The Morgan fingerprint density at radius 1 is 1.38 bits per heavy atom. The number of benzene rings is 1. The summed E-state index contributed by atoms with van der Waals surface area (Å²) in [6.07, 6.45) is 1.61. The molecule has 0 unspecified atom stereocenters. The highest BCUT2D eigenvalue weighted by atomic mass is 16.4. The molecule has 2 rings (SSSR count). The van der Waals surface area contributed by atoms with Crippen molar-refractivity contribution in [1.29, 1.82) is 0 Å². The lowest BCUT2D eigenvalue weighted by molar-refractivity contribution is -0.140. The van der Waals surface area contributed by atoms with Crippen molar-refractivity contribution in [3.05, 3.63) is 29.8 Å². The molecule has 1 aliphatic heterocycles. The van der Waals surface area contributed by atoms with Crippen molar-refractivity contribution in [2.24, 2.45) is 5.92 Å². The van der Waals surface area contributed by atoms with Gasteiger partial charge >= 0.3 is 5.97 Å². The van der Waals surface area contributed by atoms with E-state index in [2.05, 4.69) is 5.32 Å². The Bertz CT molecular complexity index is 530. The van der Waals surface area contributed by atoms with Gasteiger partial charge in [-0.3, -0.25) is 14.9 Å². The summed E-state index contributed by atoms with van der Waals surface area (Å²) in [5.41, 5.74) is 2.11. The highest BCUT2D eigenvalue weighted by molar-refractivity contribution is 5.97. The number of aliphatic carboxylic acids is 1. The monoisotopic (exact) mass is 290 g/mol. The van der Waals surface area contributed by atoms with Crippen molar-refractivity contribution in [3.8, 4) is 0 Å². The average molecular weight is 290 g/mol. The smallest absolute Gasteiger partial charge is 0.320 e. The molecule has 2 N–H and O–H groups in total. The number of anilines is 1. The van der Waals surface area contributed by atoms with E-state index in [1.165, 1.54) is 5.56 Å². The molecule has 0 radical (unpaired) electrons. The number of hydrogen-bond acceptors (Lipinski definition) is 3. The third-order valence-electron chi connectivity index (χ3n) is 4.14. The summed E-state index contributed by atoms with van der Waals surface area (Å²) in [5.74, 6) is -0.991. The van der Waals surface area contributed by atoms with Crippen molar-refractivity contribution in [3.63, 3.8) is 0 Å². The van der Waals surface area contributed by atoms with Crippen LogP contribution >= 0.6 is 0 Å². The Kier molecular flexibility index (Phi) is 4.96. The van der Waals surface area contributed by atoms with Crippen LogP contribution in [0.2, 0.25) is 0 Å². The second-order valence-electron chi connectivity index (χ2n) is 5.51. The van der Waals surface area contributed by atoms with Crippen LogP contribution in [0.4, 0.5) is 5.69 Å². The maximum atomic E-state index is 12.3. The van der Waals surface area contributed by atoms with Gasteiger partial charge in [-0.15, -0.1) is 0 Å². The number of carboxylic acids is 1. The highest BCUT2D eigenvalue weighted by Gasteiger charge is 2.27. The van der Waals surface area contributed by atoms with E-state index in [0.717, 1.165) is 18.5 Å². The van der Waals surface area contributed by atoms with Crippen LogP contribution in [0.1, 0.15) is 25.8 Å². The van der Waals surface area contributed by atoms with E-state index in [0.29, 0.717) is 6.54 Å². The molecule has 1 aromatic rings. The lowest BCUT2D eigenvalue weighted by atomic mass is 9.99. The summed E-state index contributed by atoms with van der Waals surface area (Å²) in [5, 5.41) is 12.1. The summed E-state index contributed by atoms with van der Waals surface area (Å²) < 4.78 is 0. The second kappa shape index (κ2) is 6.72. The zero-order valence-electron chi connectivity index (χ0n) is 12.5. The SMILES string of the molecule is CC[C@H](C)[C@H](NCC(=O)N1CCc2ccccc21)C(=O)O. The minimum absolute atomic E-state index is 0.0128. The first kappa shape index (κ1) is 15.5. The molecule has 1 aromatic carbocycles. The van der Waals surface area contributed by atoms with E-state index in [-0.39, 0.29) is 18.4 Å². The first-order valence-corrected chi connectivity index (χ1v) is 7.39. The minimum atomic E-state index is -0.904. The van der Waals surface area contributed by atoms with Gasteiger partial charge in [0.05, 0.1) is 6.54 Å². The molecule has 0 saturated carbocycles. The van der Waals surface area contributed by atoms with Gasteiger partial charge in [-0.2, -0.15) is 0 Å². The summed E-state index contributed by atoms with van der Waals surface area (Å²) >= 11 is 0. The van der Waals surface area contributed by atoms with Crippen molar-refractivity contribution >= 4 is 17.6 Å². The Balaban J connectivity index is 1.98. The van der Waals surface area contributed by atoms with Gasteiger partial charge in [-0.1, -0.05) is 38.5 Å². The normalized spacial score (nSPS) is 16.4. The van der Waals surface area contributed by atoms with Gasteiger partial charge in [0.15, 0.2) is 0 Å². The summed E-state index contributed by atoms with van der Waals surface area (Å²) in [7, 11) is 0. The molecular formula is C16H22N2O3. The average Bonchev–Trinajstić information content (AvgIpc) is 2.90. The number of carbonyl (C=O) groups is 2. The third kappa shape index (κ3) is 3.42. The maximum Gasteiger partial charge on any atom is 0.320 e. The van der Waals surface area contributed by atoms with Crippen molar-refractivity contribution in [2.45, 2.75) is 32.7 Å². The largest absolute Gasteiger partial charge is 0.480 e. The van der Waals surface area contributed by atoms with Gasteiger partial charge in [-0.25, -0.2) is 0 Å². The van der Waals surface area contributed by atoms with Gasteiger partial charge < -0.3 is 10.0 Å². The Labute approximate surface area is 125 Å². The van der Waals surface area contributed by atoms with Gasteiger partial charge in [0, 0.05) is 12.2 Å². The van der Waals surface area contributed by atoms with E-state index >= 15 is 0 Å². The fraction of sp³-hybridized carbons (Fsp3) is 0.500. The molecule has 1 aliphatic rings. The van der Waals surface area contributed by atoms with Crippen molar-refractivity contribution in [1.82, 2.24) is 5.32 Å². The van der Waals surface area contributed by atoms with Crippen LogP contribution in [0.25, 0.3) is 0 Å². The summed E-state index contributed by atoms with van der Waals surface area (Å²) in [4.78, 5) is 25.3. The molecule has 0 aromatic heterocycles. The van der Waals surface area contributed by atoms with Crippen LogP contribution in [0.5, 0.6) is 0 Å². The van der Waals surface area contributed by atoms with Crippen molar-refractivity contribution in [2.75, 3.05) is 18.0 Å². The molecule has 0 bridgehead atoms. The van der Waals surface area contributed by atoms with E-state index in [1.807, 2.05) is 38.1 Å². The van der Waals surface area contributed by atoms with Gasteiger partial charge in [-0.05, 0) is 24.0 Å². The highest BCUT2D eigenvalue weighted by Crippen LogP contribution is 2.27. The molecule has 1 amide bonds. The van der Waals surface area contributed by atoms with E-state index in [9.17, 15) is 14.7 Å². The van der Waals surface area contributed by atoms with Crippen LogP contribution in [0.3, 0.4) is 0 Å². The fourth-order valence-electron chi connectivity index (χ4n) is 2.66. The fourth-order valence-corrected chi connectivity index (χ4v) is 2.66. The van der Waals surface area contributed by atoms with E-state index in [1.54, 1.807) is 4.90 Å². The molecule has 5 heteroatoms. The van der Waals surface area contributed by atoms with Gasteiger partial charge in [0.25, 0.3) is 0 Å². The summed E-state index contributed by atoms with van der Waals surface area (Å²) in [6, 6.07) is 7.15. The number of rotatable bonds is 6. The number of nitrogens with zero attached hydrogens (tertiary/aromatic N) is 1. The number of amides is 1. The number of carboxylic acid groups (broad SMARTS) is 1. The quantitative estimate of drug-likeness (QED) is 0.836. The number of nitrogens with one attached hydrogen (secondary N) is 1. The number of para-hydroxylation sites is 1. The Morgan fingerprint density at radius 3 is 2.76 bits per heavy atom. The lowest BCUT2D eigenvalue weighted by Crippen LogP contribution is -2.47. The minimum Gasteiger partial charge on any atom is -0.480 e. The molecule has 0 saturated heterocycles. The lowest BCUT2D eigenvalue weighted by Gasteiger charge is -2.22. The molecule has 1 heterocycles. The third-order valence-corrected chi connectivity index (χ3v) is 4.14. The zero-order valence-corrected chi connectivity index (χ0v) is 12.5. The molecule has 0 fully saturated rings. The number of carbonyl (C=O) groups excluding carboxylic acids is 1. The Hall–Kier alpha value is -1.88. The van der Waals surface area contributed by atoms with Crippen LogP contribution < -0.4 is 10.2 Å². The molecule has 0 spiro atoms. The first-order chi connectivity index (χ1) is 10.0. The van der Waals surface area contributed by atoms with E-state index in [4.69, 9.17) is 0 Å². The van der Waals surface area contributed by atoms with Crippen LogP contribution in [0.15, 0.2) is 24.3 Å². The van der Waals surface area contributed by atoms with Crippen LogP contribution in [-0.2, 0) is 16.0 Å². The molecule has 2 atom stereocenters. The van der Waals surface area contributed by atoms with Gasteiger partial charge in [0.2, 0.25) is 5.91 Å². The maximum absolute atomic E-state index is 12.3. The molecular weight excluding hydrogens is 268 g/mol. The Morgan fingerprint density at radius 2 is 2.10 bits per heavy atom. The predicted molar refractivity (Wildman–Crippen MR) is 81.4 cm³/mol.